The van der Waals surface area contributed by atoms with Gasteiger partial charge in [-0.25, -0.2) is 5.43 Å². The van der Waals surface area contributed by atoms with E-state index in [4.69, 9.17) is 11.6 Å². The van der Waals surface area contributed by atoms with Gasteiger partial charge in [-0.15, -0.1) is 0 Å². The summed E-state index contributed by atoms with van der Waals surface area (Å²) in [5.74, 6) is -1.47. The molecule has 0 aromatic heterocycles. The van der Waals surface area contributed by atoms with Crippen LogP contribution in [0.15, 0.2) is 90.0 Å². The number of carbonyl (C=O) groups is 2. The maximum atomic E-state index is 12.3. The van der Waals surface area contributed by atoms with Crippen LogP contribution in [0.1, 0.15) is 27.0 Å². The largest absolute Gasteiger partial charge is 0.506 e. The summed E-state index contributed by atoms with van der Waals surface area (Å²) in [5.41, 5.74) is 5.42. The Balaban J connectivity index is 1.48. The third-order valence-electron chi connectivity index (χ3n) is 5.75. The van der Waals surface area contributed by atoms with Crippen molar-refractivity contribution in [3.8, 4) is 5.75 Å². The highest BCUT2D eigenvalue weighted by molar-refractivity contribution is 6.32. The third kappa shape index (κ3) is 6.07. The van der Waals surface area contributed by atoms with E-state index in [0.29, 0.717) is 13.0 Å². The highest BCUT2D eigenvalue weighted by Gasteiger charge is 2.18. The molecule has 0 aliphatic rings. The SMILES string of the molecule is O=C(N/N=C/c1ccc(CNC(Cc2ccccc2)C(=O)O)c2ccccc12)c1ccc(O)c(Cl)c1. The van der Waals surface area contributed by atoms with E-state index in [0.717, 1.165) is 27.5 Å². The molecule has 4 N–H and O–H groups in total. The number of carboxylic acids is 1. The number of hydrazone groups is 1. The average molecular weight is 502 g/mol. The fourth-order valence-electron chi connectivity index (χ4n) is 3.85. The van der Waals surface area contributed by atoms with Crippen molar-refractivity contribution in [3.05, 3.63) is 112 Å². The summed E-state index contributed by atoms with van der Waals surface area (Å²) in [6.45, 7) is 0.375. The van der Waals surface area contributed by atoms with Crippen LogP contribution in [-0.2, 0) is 17.8 Å². The fraction of sp³-hybridized carbons (Fsp3) is 0.107. The molecule has 182 valence electrons. The van der Waals surface area contributed by atoms with Gasteiger partial charge in [0.1, 0.15) is 11.8 Å². The summed E-state index contributed by atoms with van der Waals surface area (Å²) >= 11 is 5.86. The van der Waals surface area contributed by atoms with E-state index in [-0.39, 0.29) is 16.3 Å². The zero-order chi connectivity index (χ0) is 25.5. The molecule has 36 heavy (non-hydrogen) atoms. The summed E-state index contributed by atoms with van der Waals surface area (Å²) in [4.78, 5) is 24.1. The molecular formula is C28H24ClN3O4. The number of carboxylic acid groups (broad SMARTS) is 1. The third-order valence-corrected chi connectivity index (χ3v) is 6.05. The molecule has 0 fully saturated rings. The Kier molecular flexibility index (Phi) is 7.95. The molecule has 0 bridgehead atoms. The molecule has 1 unspecified atom stereocenters. The highest BCUT2D eigenvalue weighted by Crippen LogP contribution is 2.24. The van der Waals surface area contributed by atoms with Crippen molar-refractivity contribution in [2.24, 2.45) is 5.10 Å². The lowest BCUT2D eigenvalue weighted by Crippen LogP contribution is -2.38. The topological polar surface area (TPSA) is 111 Å². The number of hydrogen-bond donors (Lipinski definition) is 4. The van der Waals surface area contributed by atoms with Crippen LogP contribution < -0.4 is 10.7 Å². The number of rotatable bonds is 9. The zero-order valence-corrected chi connectivity index (χ0v) is 19.9. The molecule has 0 aliphatic carbocycles. The van der Waals surface area contributed by atoms with Gasteiger partial charge in [-0.3, -0.25) is 14.9 Å². The molecule has 0 saturated carbocycles. The molecule has 7 nitrogen and oxygen atoms in total. The first kappa shape index (κ1) is 24.9. The van der Waals surface area contributed by atoms with Crippen LogP contribution in [0.4, 0.5) is 0 Å². The van der Waals surface area contributed by atoms with E-state index in [1.807, 2.05) is 66.7 Å². The van der Waals surface area contributed by atoms with Crippen molar-refractivity contribution in [2.75, 3.05) is 0 Å². The van der Waals surface area contributed by atoms with Crippen molar-refractivity contribution in [1.82, 2.24) is 10.7 Å². The molecule has 0 saturated heterocycles. The number of nitrogens with zero attached hydrogens (tertiary/aromatic N) is 1. The maximum Gasteiger partial charge on any atom is 0.321 e. The molecule has 8 heteroatoms. The summed E-state index contributed by atoms with van der Waals surface area (Å²) in [7, 11) is 0. The Hall–Kier alpha value is -4.20. The minimum atomic E-state index is -0.905. The molecule has 0 heterocycles. The van der Waals surface area contributed by atoms with E-state index in [2.05, 4.69) is 15.8 Å². The lowest BCUT2D eigenvalue weighted by Gasteiger charge is -2.16. The minimum Gasteiger partial charge on any atom is -0.506 e. The summed E-state index contributed by atoms with van der Waals surface area (Å²) in [5, 5.41) is 28.4. The van der Waals surface area contributed by atoms with Crippen LogP contribution in [0.3, 0.4) is 0 Å². The van der Waals surface area contributed by atoms with Crippen molar-refractivity contribution < 1.29 is 19.8 Å². The number of phenols is 1. The molecule has 4 rings (SSSR count). The van der Waals surface area contributed by atoms with Gasteiger partial charge in [0.05, 0.1) is 11.2 Å². The second-order valence-electron chi connectivity index (χ2n) is 8.19. The molecule has 1 atom stereocenters. The Bertz CT molecular complexity index is 1420. The predicted molar refractivity (Wildman–Crippen MR) is 141 cm³/mol. The van der Waals surface area contributed by atoms with Crippen molar-refractivity contribution in [1.29, 1.82) is 0 Å². The van der Waals surface area contributed by atoms with Gasteiger partial charge in [0.2, 0.25) is 0 Å². The van der Waals surface area contributed by atoms with Crippen molar-refractivity contribution >= 4 is 40.5 Å². The Morgan fingerprint density at radius 1 is 0.944 bits per heavy atom. The number of fused-ring (bicyclic) bond motifs is 1. The molecule has 0 spiro atoms. The smallest absolute Gasteiger partial charge is 0.321 e. The number of aliphatic carboxylic acids is 1. The normalized spacial score (nSPS) is 12.0. The van der Waals surface area contributed by atoms with Gasteiger partial charge in [0.15, 0.2) is 0 Å². The van der Waals surface area contributed by atoms with Crippen LogP contribution in [0.2, 0.25) is 5.02 Å². The van der Waals surface area contributed by atoms with E-state index < -0.39 is 17.9 Å². The first-order chi connectivity index (χ1) is 17.4. The molecular weight excluding hydrogens is 478 g/mol. The second-order valence-corrected chi connectivity index (χ2v) is 8.59. The lowest BCUT2D eigenvalue weighted by molar-refractivity contribution is -0.139. The van der Waals surface area contributed by atoms with Crippen LogP contribution in [-0.4, -0.2) is 34.3 Å². The molecule has 0 aliphatic heterocycles. The van der Waals surface area contributed by atoms with Gasteiger partial charge >= 0.3 is 5.97 Å². The van der Waals surface area contributed by atoms with Crippen molar-refractivity contribution in [2.45, 2.75) is 19.0 Å². The number of halogens is 1. The molecule has 0 radical (unpaired) electrons. The number of carbonyl (C=O) groups excluding carboxylic acids is 1. The first-order valence-corrected chi connectivity index (χ1v) is 11.6. The standard InChI is InChI=1S/C28H24ClN3O4/c29-24-15-19(12-13-26(24)33)27(34)32-31-17-21-11-10-20(22-8-4-5-9-23(21)22)16-30-25(28(35)36)14-18-6-2-1-3-7-18/h1-13,15,17,25,30,33H,14,16H2,(H,32,34)(H,35,36)/b31-17+. The van der Waals surface area contributed by atoms with E-state index in [9.17, 15) is 19.8 Å². The Morgan fingerprint density at radius 2 is 1.67 bits per heavy atom. The van der Waals surface area contributed by atoms with Crippen molar-refractivity contribution in [3.63, 3.8) is 0 Å². The van der Waals surface area contributed by atoms with Gasteiger partial charge in [-0.05, 0) is 46.5 Å². The van der Waals surface area contributed by atoms with E-state index in [1.165, 1.54) is 18.2 Å². The van der Waals surface area contributed by atoms with Gasteiger partial charge in [0.25, 0.3) is 5.91 Å². The average Bonchev–Trinajstić information content (AvgIpc) is 2.89. The number of nitrogens with one attached hydrogen (secondary N) is 2. The molecule has 4 aromatic rings. The second kappa shape index (κ2) is 11.5. The number of amides is 1. The lowest BCUT2D eigenvalue weighted by atomic mass is 9.99. The van der Waals surface area contributed by atoms with Gasteiger partial charge in [-0.2, -0.15) is 5.10 Å². The molecule has 4 aromatic carbocycles. The maximum absolute atomic E-state index is 12.3. The zero-order valence-electron chi connectivity index (χ0n) is 19.2. The van der Waals surface area contributed by atoms with Gasteiger partial charge in [-0.1, -0.05) is 78.3 Å². The fourth-order valence-corrected chi connectivity index (χ4v) is 4.03. The Labute approximate surface area is 213 Å². The summed E-state index contributed by atoms with van der Waals surface area (Å²) in [6, 6.07) is 24.5. The van der Waals surface area contributed by atoms with Crippen LogP contribution >= 0.6 is 11.6 Å². The van der Waals surface area contributed by atoms with Crippen LogP contribution in [0.5, 0.6) is 5.75 Å². The van der Waals surface area contributed by atoms with E-state index >= 15 is 0 Å². The monoisotopic (exact) mass is 501 g/mol. The summed E-state index contributed by atoms with van der Waals surface area (Å²) < 4.78 is 0. The number of phenolic OH excluding ortho intramolecular Hbond substituents is 1. The first-order valence-electron chi connectivity index (χ1n) is 11.2. The van der Waals surface area contributed by atoms with Gasteiger partial charge in [0, 0.05) is 17.7 Å². The number of hydrogen-bond acceptors (Lipinski definition) is 5. The number of benzene rings is 4. The van der Waals surface area contributed by atoms with Crippen LogP contribution in [0, 0.1) is 0 Å². The highest BCUT2D eigenvalue weighted by atomic mass is 35.5. The van der Waals surface area contributed by atoms with Crippen LogP contribution in [0.25, 0.3) is 10.8 Å². The Morgan fingerprint density at radius 3 is 2.39 bits per heavy atom. The summed E-state index contributed by atoms with van der Waals surface area (Å²) in [6.07, 6.45) is 1.93. The molecule has 1 amide bonds. The quantitative estimate of drug-likeness (QED) is 0.195. The minimum absolute atomic E-state index is 0.0794. The number of aromatic hydroxyl groups is 1. The van der Waals surface area contributed by atoms with Gasteiger partial charge < -0.3 is 10.2 Å². The van der Waals surface area contributed by atoms with E-state index in [1.54, 1.807) is 6.21 Å². The predicted octanol–water partition coefficient (Wildman–Crippen LogP) is 4.75.